The molecule has 0 radical (unpaired) electrons. The van der Waals surface area contributed by atoms with Crippen molar-refractivity contribution in [3.63, 3.8) is 0 Å². The Balaban J connectivity index is 0.000000332. The summed E-state index contributed by atoms with van der Waals surface area (Å²) in [6, 6.07) is 10.9. The van der Waals surface area contributed by atoms with Crippen molar-refractivity contribution in [3.05, 3.63) is 47.5 Å². The Morgan fingerprint density at radius 2 is 1.00 bits per heavy atom. The first-order chi connectivity index (χ1) is 10.4. The third-order valence-electron chi connectivity index (χ3n) is 2.59. The minimum atomic E-state index is -5.17. The van der Waals surface area contributed by atoms with Gasteiger partial charge in [-0.25, -0.2) is 0 Å². The Bertz CT molecular complexity index is 691. The van der Waals surface area contributed by atoms with Gasteiger partial charge in [-0.2, -0.15) is 0 Å². The molecule has 0 aliphatic heterocycles. The smallest absolute Gasteiger partial charge is 0.0345 e. The van der Waals surface area contributed by atoms with Crippen molar-refractivity contribution < 1.29 is 17.5 Å². The van der Waals surface area contributed by atoms with Crippen LogP contribution >= 0.6 is 0 Å². The second kappa shape index (κ2) is 8.83. The minimum absolute atomic E-state index is 0.765. The van der Waals surface area contributed by atoms with E-state index in [1.165, 1.54) is 0 Å². The van der Waals surface area contributed by atoms with Crippen molar-refractivity contribution in [3.8, 4) is 0 Å². The van der Waals surface area contributed by atoms with Crippen molar-refractivity contribution in [1.29, 1.82) is 0 Å². The third kappa shape index (κ3) is 10.8. The highest BCUT2D eigenvalue weighted by Gasteiger charge is 1.91. The zero-order valence-electron chi connectivity index (χ0n) is 12.8. The summed E-state index contributed by atoms with van der Waals surface area (Å²) in [6.07, 6.45) is 0. The number of benzene rings is 2. The quantitative estimate of drug-likeness (QED) is 0.310. The summed E-state index contributed by atoms with van der Waals surface area (Å²) in [5, 5.41) is 0. The highest BCUT2D eigenvalue weighted by atomic mass is 32.3. The third-order valence-corrected chi connectivity index (χ3v) is 2.59. The van der Waals surface area contributed by atoms with E-state index in [0.717, 1.165) is 33.9 Å². The van der Waals surface area contributed by atoms with Crippen molar-refractivity contribution in [2.24, 2.45) is 0 Å². The van der Waals surface area contributed by atoms with Crippen LogP contribution in [0.15, 0.2) is 36.4 Å². The average Bonchev–Trinajstić information content (AvgIpc) is 2.38. The first-order valence-corrected chi connectivity index (χ1v) is 7.63. The molecule has 0 aliphatic carbocycles. The van der Waals surface area contributed by atoms with Gasteiger partial charge >= 0.3 is 0 Å². The molecule has 0 aromatic heterocycles. The number of aryl methyl sites for hydroxylation is 2. The number of nitrogens with two attached hydrogens (primary N) is 4. The molecule has 8 nitrogen and oxygen atoms in total. The predicted octanol–water partition coefficient (Wildman–Crippen LogP) is 0.981. The van der Waals surface area contributed by atoms with Gasteiger partial charge in [0.15, 0.2) is 0 Å². The fourth-order valence-corrected chi connectivity index (χ4v) is 1.40. The standard InChI is InChI=1S/2C7H10N2.H2O4S/c2*1-5-4-6(8)2-3-7(5)9;1-5(2,3)4/h2*2-4H,8-9H2,1H3;(H2,1,2,3,4)/p-2. The molecule has 0 fully saturated rings. The molecule has 0 spiro atoms. The molecule has 0 saturated carbocycles. The Labute approximate surface area is 135 Å². The minimum Gasteiger partial charge on any atom is -0.759 e. The van der Waals surface area contributed by atoms with Crippen LogP contribution in [-0.4, -0.2) is 17.5 Å². The van der Waals surface area contributed by atoms with Crippen molar-refractivity contribution in [1.82, 2.24) is 0 Å². The Morgan fingerprint density at radius 3 is 1.17 bits per heavy atom. The molecule has 8 N–H and O–H groups in total. The van der Waals surface area contributed by atoms with E-state index in [1.807, 2.05) is 38.1 Å². The lowest BCUT2D eigenvalue weighted by atomic mass is 10.2. The molecule has 0 bridgehead atoms. The number of hydrogen-bond acceptors (Lipinski definition) is 8. The summed E-state index contributed by atoms with van der Waals surface area (Å²) >= 11 is 0. The monoisotopic (exact) mass is 340 g/mol. The van der Waals surface area contributed by atoms with E-state index >= 15 is 0 Å². The van der Waals surface area contributed by atoms with E-state index in [9.17, 15) is 0 Å². The van der Waals surface area contributed by atoms with Gasteiger partial charge in [-0.1, -0.05) is 0 Å². The Morgan fingerprint density at radius 1 is 0.739 bits per heavy atom. The fourth-order valence-electron chi connectivity index (χ4n) is 1.40. The molecule has 0 aliphatic rings. The summed E-state index contributed by atoms with van der Waals surface area (Å²) in [5.74, 6) is 0. The lowest BCUT2D eigenvalue weighted by Crippen LogP contribution is -1.91. The number of rotatable bonds is 0. The van der Waals surface area contributed by atoms with Crippen LogP contribution in [0.25, 0.3) is 0 Å². The number of nitrogen functional groups attached to an aromatic ring is 4. The van der Waals surface area contributed by atoms with Crippen LogP contribution in [0.1, 0.15) is 11.1 Å². The molecule has 0 amide bonds. The summed E-state index contributed by atoms with van der Waals surface area (Å²) < 4.78 is 34.1. The van der Waals surface area contributed by atoms with Gasteiger partial charge in [-0.3, -0.25) is 8.42 Å². The maximum Gasteiger partial charge on any atom is 0.0345 e. The summed E-state index contributed by atoms with van der Waals surface area (Å²) in [5.41, 5.74) is 27.2. The predicted molar refractivity (Wildman–Crippen MR) is 90.5 cm³/mol. The van der Waals surface area contributed by atoms with Gasteiger partial charge in [0.2, 0.25) is 0 Å². The van der Waals surface area contributed by atoms with Gasteiger partial charge in [0.1, 0.15) is 0 Å². The highest BCUT2D eigenvalue weighted by Crippen LogP contribution is 2.13. The Kier molecular flexibility index (Phi) is 7.88. The van der Waals surface area contributed by atoms with Gasteiger partial charge in [-0.05, 0) is 61.4 Å². The van der Waals surface area contributed by atoms with Crippen LogP contribution in [0.5, 0.6) is 0 Å². The van der Waals surface area contributed by atoms with E-state index in [0.29, 0.717) is 0 Å². The second-order valence-corrected chi connectivity index (χ2v) is 5.46. The molecule has 2 rings (SSSR count). The molecule has 128 valence electrons. The molecule has 23 heavy (non-hydrogen) atoms. The van der Waals surface area contributed by atoms with E-state index in [-0.39, 0.29) is 0 Å². The fraction of sp³-hybridized carbons (Fsp3) is 0.143. The van der Waals surface area contributed by atoms with E-state index in [1.54, 1.807) is 12.1 Å². The van der Waals surface area contributed by atoms with Crippen LogP contribution in [-0.2, 0) is 10.4 Å². The summed E-state index contributed by atoms with van der Waals surface area (Å²) in [7, 11) is -5.17. The van der Waals surface area contributed by atoms with Crippen molar-refractivity contribution in [2.45, 2.75) is 13.8 Å². The maximum absolute atomic E-state index is 8.52. The molecule has 2 aromatic rings. The van der Waals surface area contributed by atoms with Gasteiger partial charge in [0.25, 0.3) is 0 Å². The first kappa shape index (κ1) is 20.5. The lowest BCUT2D eigenvalue weighted by molar-refractivity contribution is 0.352. The van der Waals surface area contributed by atoms with Crippen LogP contribution < -0.4 is 22.9 Å². The SMILES string of the molecule is Cc1cc(N)ccc1N.Cc1cc(N)ccc1N.O=S(=O)([O-])[O-]. The van der Waals surface area contributed by atoms with Crippen LogP contribution in [0.3, 0.4) is 0 Å². The molecule has 2 aromatic carbocycles. The van der Waals surface area contributed by atoms with Gasteiger partial charge in [-0.15, -0.1) is 0 Å². The van der Waals surface area contributed by atoms with E-state index in [2.05, 4.69) is 0 Å². The Hall–Kier alpha value is -2.49. The molecule has 0 saturated heterocycles. The highest BCUT2D eigenvalue weighted by molar-refractivity contribution is 7.79. The zero-order chi connectivity index (χ0) is 18.2. The van der Waals surface area contributed by atoms with Crippen LogP contribution in [0.4, 0.5) is 22.7 Å². The molecule has 0 atom stereocenters. The molecule has 9 heteroatoms. The van der Waals surface area contributed by atoms with Gasteiger partial charge in [0, 0.05) is 33.1 Å². The van der Waals surface area contributed by atoms with Crippen LogP contribution in [0.2, 0.25) is 0 Å². The molecular weight excluding hydrogens is 320 g/mol. The summed E-state index contributed by atoms with van der Waals surface area (Å²) in [4.78, 5) is 0. The van der Waals surface area contributed by atoms with Crippen LogP contribution in [0, 0.1) is 13.8 Å². The van der Waals surface area contributed by atoms with Gasteiger partial charge in [0.05, 0.1) is 0 Å². The average molecular weight is 340 g/mol. The maximum atomic E-state index is 8.52. The van der Waals surface area contributed by atoms with Gasteiger partial charge < -0.3 is 32.0 Å². The first-order valence-electron chi connectivity index (χ1n) is 6.30. The van der Waals surface area contributed by atoms with E-state index < -0.39 is 10.4 Å². The molecule has 0 heterocycles. The van der Waals surface area contributed by atoms with E-state index in [4.69, 9.17) is 40.5 Å². The van der Waals surface area contributed by atoms with Crippen molar-refractivity contribution >= 4 is 33.1 Å². The largest absolute Gasteiger partial charge is 0.759 e. The number of hydrogen-bond donors (Lipinski definition) is 4. The zero-order valence-corrected chi connectivity index (χ0v) is 13.6. The topological polar surface area (TPSA) is 184 Å². The lowest BCUT2D eigenvalue weighted by Gasteiger charge is -2.06. The normalized spacial score (nSPS) is 9.91. The molecular formula is C14H20N4O4S-2. The second-order valence-electron chi connectivity index (χ2n) is 4.64. The number of anilines is 4. The summed E-state index contributed by atoms with van der Waals surface area (Å²) in [6.45, 7) is 3.87. The van der Waals surface area contributed by atoms with Crippen molar-refractivity contribution in [2.75, 3.05) is 22.9 Å². The molecule has 0 unspecified atom stereocenters.